The van der Waals surface area contributed by atoms with Crippen molar-refractivity contribution in [3.05, 3.63) is 35.6 Å². The van der Waals surface area contributed by atoms with Gasteiger partial charge in [-0.25, -0.2) is 9.38 Å². The van der Waals surface area contributed by atoms with Crippen molar-refractivity contribution in [1.82, 2.24) is 20.4 Å². The molecule has 0 saturated carbocycles. The fourth-order valence-electron chi connectivity index (χ4n) is 2.74. The van der Waals surface area contributed by atoms with E-state index in [1.54, 1.807) is 12.1 Å². The normalized spacial score (nSPS) is 18.4. The molecule has 24 heavy (non-hydrogen) atoms. The predicted octanol–water partition coefficient (Wildman–Crippen LogP) is 1.52. The van der Waals surface area contributed by atoms with Gasteiger partial charge in [-0.2, -0.15) is 0 Å². The second kappa shape index (κ2) is 9.59. The van der Waals surface area contributed by atoms with Crippen LogP contribution in [-0.2, 0) is 6.54 Å². The third kappa shape index (κ3) is 6.09. The lowest BCUT2D eigenvalue weighted by molar-refractivity contribution is 0.120. The van der Waals surface area contributed by atoms with Crippen LogP contribution >= 0.6 is 0 Å². The molecule has 2 rings (SSSR count). The molecule has 1 unspecified atom stereocenters. The first kappa shape index (κ1) is 18.7. The summed E-state index contributed by atoms with van der Waals surface area (Å²) in [4.78, 5) is 9.46. The molecule has 1 atom stereocenters. The third-order valence-corrected chi connectivity index (χ3v) is 4.40. The van der Waals surface area contributed by atoms with Gasteiger partial charge in [-0.15, -0.1) is 0 Å². The monoisotopic (exact) mass is 335 g/mol. The van der Waals surface area contributed by atoms with Crippen LogP contribution < -0.4 is 10.6 Å². The SMILES string of the molecule is CCNC(=NCc1ccc(F)cc1)NCC(C)N1CCN(C)CC1. The fourth-order valence-corrected chi connectivity index (χ4v) is 2.74. The smallest absolute Gasteiger partial charge is 0.191 e. The molecule has 0 spiro atoms. The fraction of sp³-hybridized carbons (Fsp3) is 0.611. The first-order chi connectivity index (χ1) is 11.6. The van der Waals surface area contributed by atoms with Crippen LogP contribution in [0.4, 0.5) is 4.39 Å². The summed E-state index contributed by atoms with van der Waals surface area (Å²) in [7, 11) is 2.17. The molecule has 0 amide bonds. The topological polar surface area (TPSA) is 42.9 Å². The molecule has 6 heteroatoms. The molecule has 0 radical (unpaired) electrons. The van der Waals surface area contributed by atoms with Gasteiger partial charge in [0.05, 0.1) is 6.54 Å². The molecule has 2 N–H and O–H groups in total. The maximum Gasteiger partial charge on any atom is 0.191 e. The van der Waals surface area contributed by atoms with Gasteiger partial charge in [0.1, 0.15) is 5.82 Å². The molecule has 1 aliphatic heterocycles. The van der Waals surface area contributed by atoms with Gasteiger partial charge in [0, 0.05) is 45.3 Å². The molecular weight excluding hydrogens is 305 g/mol. The summed E-state index contributed by atoms with van der Waals surface area (Å²) in [5.74, 6) is 0.594. The first-order valence-corrected chi connectivity index (χ1v) is 8.77. The Hall–Kier alpha value is -1.66. The van der Waals surface area contributed by atoms with E-state index >= 15 is 0 Å². The summed E-state index contributed by atoms with van der Waals surface area (Å²) >= 11 is 0. The molecular formula is C18H30FN5. The summed E-state index contributed by atoms with van der Waals surface area (Å²) in [6.45, 7) is 11.0. The molecule has 1 heterocycles. The Labute approximate surface area is 144 Å². The number of guanidine groups is 1. The van der Waals surface area contributed by atoms with Gasteiger partial charge in [0.2, 0.25) is 0 Å². The van der Waals surface area contributed by atoms with E-state index in [1.165, 1.54) is 12.1 Å². The number of hydrogen-bond acceptors (Lipinski definition) is 3. The van der Waals surface area contributed by atoms with Crippen LogP contribution in [0.1, 0.15) is 19.4 Å². The highest BCUT2D eigenvalue weighted by atomic mass is 19.1. The maximum absolute atomic E-state index is 12.9. The van der Waals surface area contributed by atoms with Crippen LogP contribution in [0, 0.1) is 5.82 Å². The second-order valence-electron chi connectivity index (χ2n) is 6.39. The van der Waals surface area contributed by atoms with E-state index in [9.17, 15) is 4.39 Å². The van der Waals surface area contributed by atoms with Crippen molar-refractivity contribution >= 4 is 5.96 Å². The van der Waals surface area contributed by atoms with E-state index in [0.717, 1.165) is 50.8 Å². The van der Waals surface area contributed by atoms with Gasteiger partial charge in [-0.3, -0.25) is 4.90 Å². The molecule has 0 aliphatic carbocycles. The third-order valence-electron chi connectivity index (χ3n) is 4.40. The number of benzene rings is 1. The lowest BCUT2D eigenvalue weighted by Gasteiger charge is -2.36. The number of nitrogens with one attached hydrogen (secondary N) is 2. The van der Waals surface area contributed by atoms with Crippen LogP contribution in [0.15, 0.2) is 29.3 Å². The Kier molecular flexibility index (Phi) is 7.46. The first-order valence-electron chi connectivity index (χ1n) is 8.77. The van der Waals surface area contributed by atoms with Gasteiger partial charge in [0.25, 0.3) is 0 Å². The average Bonchev–Trinajstić information content (AvgIpc) is 2.59. The minimum Gasteiger partial charge on any atom is -0.357 e. The summed E-state index contributed by atoms with van der Waals surface area (Å²) in [5.41, 5.74) is 1.00. The highest BCUT2D eigenvalue weighted by Crippen LogP contribution is 2.05. The molecule has 1 saturated heterocycles. The van der Waals surface area contributed by atoms with Crippen LogP contribution in [0.2, 0.25) is 0 Å². The molecule has 5 nitrogen and oxygen atoms in total. The molecule has 134 valence electrons. The molecule has 0 bridgehead atoms. The maximum atomic E-state index is 12.9. The van der Waals surface area contributed by atoms with Crippen LogP contribution in [-0.4, -0.2) is 68.1 Å². The number of nitrogens with zero attached hydrogens (tertiary/aromatic N) is 3. The largest absolute Gasteiger partial charge is 0.357 e. The zero-order valence-electron chi connectivity index (χ0n) is 15.1. The second-order valence-corrected chi connectivity index (χ2v) is 6.39. The molecule has 1 aromatic rings. The van der Waals surface area contributed by atoms with E-state index in [4.69, 9.17) is 0 Å². The van der Waals surface area contributed by atoms with Gasteiger partial charge in [-0.1, -0.05) is 12.1 Å². The lowest BCUT2D eigenvalue weighted by Crippen LogP contribution is -2.52. The van der Waals surface area contributed by atoms with Crippen molar-refractivity contribution in [3.63, 3.8) is 0 Å². The molecule has 1 fully saturated rings. The molecule has 1 aromatic carbocycles. The van der Waals surface area contributed by atoms with Crippen molar-refractivity contribution in [2.75, 3.05) is 46.3 Å². The van der Waals surface area contributed by atoms with Gasteiger partial charge in [0.15, 0.2) is 5.96 Å². The summed E-state index contributed by atoms with van der Waals surface area (Å²) in [6, 6.07) is 6.96. The van der Waals surface area contributed by atoms with Crippen molar-refractivity contribution in [2.45, 2.75) is 26.4 Å². The number of halogens is 1. The minimum atomic E-state index is -0.214. The van der Waals surface area contributed by atoms with Crippen molar-refractivity contribution in [2.24, 2.45) is 4.99 Å². The standard InChI is InChI=1S/C18H30FN5/c1-4-20-18(22-14-16-5-7-17(19)8-6-16)21-13-15(2)24-11-9-23(3)10-12-24/h5-8,15H,4,9-14H2,1-3H3,(H2,20,21,22). The summed E-state index contributed by atoms with van der Waals surface area (Å²) < 4.78 is 12.9. The highest BCUT2D eigenvalue weighted by Gasteiger charge is 2.18. The van der Waals surface area contributed by atoms with Crippen LogP contribution in [0.25, 0.3) is 0 Å². The molecule has 1 aliphatic rings. The van der Waals surface area contributed by atoms with E-state index in [0.29, 0.717) is 12.6 Å². The Balaban J connectivity index is 1.83. The summed E-state index contributed by atoms with van der Waals surface area (Å²) in [6.07, 6.45) is 0. The van der Waals surface area contributed by atoms with Crippen LogP contribution in [0.3, 0.4) is 0 Å². The Morgan fingerprint density at radius 3 is 2.46 bits per heavy atom. The van der Waals surface area contributed by atoms with Gasteiger partial charge >= 0.3 is 0 Å². The average molecular weight is 335 g/mol. The van der Waals surface area contributed by atoms with E-state index in [-0.39, 0.29) is 5.82 Å². The zero-order valence-corrected chi connectivity index (χ0v) is 15.1. The van der Waals surface area contributed by atoms with E-state index in [1.807, 2.05) is 0 Å². The minimum absolute atomic E-state index is 0.214. The quantitative estimate of drug-likeness (QED) is 0.611. The zero-order chi connectivity index (χ0) is 17.4. The summed E-state index contributed by atoms with van der Waals surface area (Å²) in [5, 5.41) is 6.69. The Bertz CT molecular complexity index is 509. The Morgan fingerprint density at radius 1 is 1.17 bits per heavy atom. The van der Waals surface area contributed by atoms with Gasteiger partial charge in [-0.05, 0) is 38.6 Å². The van der Waals surface area contributed by atoms with E-state index < -0.39 is 0 Å². The number of likely N-dealkylation sites (N-methyl/N-ethyl adjacent to an activating group) is 1. The van der Waals surface area contributed by atoms with Gasteiger partial charge < -0.3 is 15.5 Å². The number of aliphatic imine (C=N–C) groups is 1. The highest BCUT2D eigenvalue weighted by molar-refractivity contribution is 5.79. The molecule has 0 aromatic heterocycles. The predicted molar refractivity (Wildman–Crippen MR) is 97.8 cm³/mol. The number of piperazine rings is 1. The van der Waals surface area contributed by atoms with Crippen molar-refractivity contribution < 1.29 is 4.39 Å². The van der Waals surface area contributed by atoms with Crippen molar-refractivity contribution in [3.8, 4) is 0 Å². The van der Waals surface area contributed by atoms with Crippen LogP contribution in [0.5, 0.6) is 0 Å². The lowest BCUT2D eigenvalue weighted by atomic mass is 10.2. The van der Waals surface area contributed by atoms with Crippen molar-refractivity contribution in [1.29, 1.82) is 0 Å². The number of hydrogen-bond donors (Lipinski definition) is 2. The number of rotatable bonds is 6. The Morgan fingerprint density at radius 2 is 1.83 bits per heavy atom. The van der Waals surface area contributed by atoms with E-state index in [2.05, 4.69) is 46.3 Å².